The maximum absolute atomic E-state index is 11.2. The number of thioether (sulfide) groups is 1. The van der Waals surface area contributed by atoms with Crippen LogP contribution < -0.4 is 0 Å². The lowest BCUT2D eigenvalue weighted by molar-refractivity contribution is -0.385. The number of nitro groups is 1. The first-order chi connectivity index (χ1) is 12.9. The Morgan fingerprint density at radius 2 is 1.93 bits per heavy atom. The number of amidine groups is 1. The highest BCUT2D eigenvalue weighted by Crippen LogP contribution is 2.34. The highest BCUT2D eigenvalue weighted by atomic mass is 32.2. The van der Waals surface area contributed by atoms with Gasteiger partial charge in [0.2, 0.25) is 0 Å². The summed E-state index contributed by atoms with van der Waals surface area (Å²) in [4.78, 5) is 18.1. The van der Waals surface area contributed by atoms with Gasteiger partial charge in [-0.1, -0.05) is 25.6 Å². The Balaban J connectivity index is 2.36. The first kappa shape index (κ1) is 22.7. The van der Waals surface area contributed by atoms with Crippen molar-refractivity contribution in [3.63, 3.8) is 0 Å². The molecule has 1 fully saturated rings. The Hall–Kier alpha value is -1.60. The summed E-state index contributed by atoms with van der Waals surface area (Å²) >= 11 is 1.74. The summed E-state index contributed by atoms with van der Waals surface area (Å²) in [6.45, 7) is 17.4. The number of aliphatic imine (C=N–C) groups is 1. The van der Waals surface area contributed by atoms with E-state index in [0.717, 1.165) is 28.7 Å². The molecule has 7 heteroatoms. The lowest BCUT2D eigenvalue weighted by Gasteiger charge is -2.35. The monoisotopic (exact) mass is 407 g/mol. The third-order valence-electron chi connectivity index (χ3n) is 4.82. The van der Waals surface area contributed by atoms with Crippen LogP contribution in [0.2, 0.25) is 0 Å². The van der Waals surface area contributed by atoms with Crippen molar-refractivity contribution < 1.29 is 9.66 Å². The van der Waals surface area contributed by atoms with E-state index in [-0.39, 0.29) is 28.4 Å². The van der Waals surface area contributed by atoms with Crippen LogP contribution in [0.1, 0.15) is 52.7 Å². The second-order valence-corrected chi connectivity index (χ2v) is 9.85. The molecule has 1 saturated heterocycles. The Morgan fingerprint density at radius 3 is 2.46 bits per heavy atom. The number of nitro benzene ring substituents is 1. The Morgan fingerprint density at radius 1 is 1.29 bits per heavy atom. The standard InChI is InChI=1S/C21H33N3O3S/c1-13(2)11-23-19(16(5)27-21(6,7)8)12-28-20(23)22-17-9-10-18(24(25)26)15(4)14(17)3/h9-10,13,16,19H,11-12H2,1-8H3/b22-20-/t16-,19+/m1/s1. The van der Waals surface area contributed by atoms with Crippen LogP contribution in [-0.4, -0.2) is 45.0 Å². The predicted octanol–water partition coefficient (Wildman–Crippen LogP) is 5.48. The van der Waals surface area contributed by atoms with Crippen LogP contribution in [0.15, 0.2) is 17.1 Å². The van der Waals surface area contributed by atoms with Crippen molar-refractivity contribution in [2.45, 2.75) is 73.1 Å². The highest BCUT2D eigenvalue weighted by Gasteiger charge is 2.36. The second kappa shape index (κ2) is 8.82. The predicted molar refractivity (Wildman–Crippen MR) is 118 cm³/mol. The zero-order valence-corrected chi connectivity index (χ0v) is 19.1. The van der Waals surface area contributed by atoms with Crippen molar-refractivity contribution in [3.8, 4) is 0 Å². The van der Waals surface area contributed by atoms with Crippen LogP contribution in [0, 0.1) is 29.9 Å². The molecule has 156 valence electrons. The SMILES string of the molecule is Cc1c(/N=C2\SC[C@@H]([C@@H](C)OC(C)(C)C)N2CC(C)C)ccc([N+](=O)[O-])c1C. The van der Waals surface area contributed by atoms with E-state index in [4.69, 9.17) is 9.73 Å². The molecular weight excluding hydrogens is 374 g/mol. The average molecular weight is 408 g/mol. The van der Waals surface area contributed by atoms with E-state index in [1.165, 1.54) is 0 Å². The molecule has 0 unspecified atom stereocenters. The molecule has 0 spiro atoms. The number of hydrogen-bond acceptors (Lipinski definition) is 5. The second-order valence-electron chi connectivity index (χ2n) is 8.87. The van der Waals surface area contributed by atoms with Gasteiger partial charge in [-0.3, -0.25) is 10.1 Å². The van der Waals surface area contributed by atoms with Crippen molar-refractivity contribution >= 4 is 28.3 Å². The van der Waals surface area contributed by atoms with E-state index in [0.29, 0.717) is 11.5 Å². The zero-order valence-electron chi connectivity index (χ0n) is 18.3. The number of hydrogen-bond donors (Lipinski definition) is 0. The molecule has 0 aliphatic carbocycles. The fourth-order valence-electron chi connectivity index (χ4n) is 3.42. The molecule has 1 heterocycles. The van der Waals surface area contributed by atoms with Gasteiger partial charge >= 0.3 is 0 Å². The van der Waals surface area contributed by atoms with Crippen LogP contribution in [0.4, 0.5) is 11.4 Å². The van der Waals surface area contributed by atoms with Gasteiger partial charge in [0.25, 0.3) is 5.69 Å². The maximum atomic E-state index is 11.2. The van der Waals surface area contributed by atoms with Crippen molar-refractivity contribution in [3.05, 3.63) is 33.4 Å². The first-order valence-corrected chi connectivity index (χ1v) is 10.8. The van der Waals surface area contributed by atoms with Gasteiger partial charge in [-0.15, -0.1) is 0 Å². The molecule has 1 aliphatic rings. The van der Waals surface area contributed by atoms with E-state index >= 15 is 0 Å². The topological polar surface area (TPSA) is 68.0 Å². The molecule has 0 radical (unpaired) electrons. The summed E-state index contributed by atoms with van der Waals surface area (Å²) in [6, 6.07) is 3.56. The molecule has 0 N–H and O–H groups in total. The number of ether oxygens (including phenoxy) is 1. The van der Waals surface area contributed by atoms with Crippen LogP contribution in [0.25, 0.3) is 0 Å². The molecule has 1 aliphatic heterocycles. The molecule has 1 aromatic carbocycles. The fourth-order valence-corrected chi connectivity index (χ4v) is 4.73. The van der Waals surface area contributed by atoms with E-state index in [2.05, 4.69) is 46.4 Å². The molecule has 6 nitrogen and oxygen atoms in total. The largest absolute Gasteiger partial charge is 0.371 e. The number of rotatable bonds is 6. The lowest BCUT2D eigenvalue weighted by atomic mass is 10.1. The molecule has 1 aromatic rings. The van der Waals surface area contributed by atoms with Gasteiger partial charge in [-0.25, -0.2) is 4.99 Å². The summed E-state index contributed by atoms with van der Waals surface area (Å²) < 4.78 is 6.23. The van der Waals surface area contributed by atoms with Crippen molar-refractivity contribution in [1.29, 1.82) is 0 Å². The molecule has 2 rings (SSSR count). The summed E-state index contributed by atoms with van der Waals surface area (Å²) in [5, 5.41) is 12.2. The minimum absolute atomic E-state index is 0.0821. The summed E-state index contributed by atoms with van der Waals surface area (Å²) in [5.41, 5.74) is 2.27. The zero-order chi connectivity index (χ0) is 21.2. The van der Waals surface area contributed by atoms with Gasteiger partial charge in [-0.2, -0.15) is 0 Å². The molecule has 28 heavy (non-hydrogen) atoms. The minimum atomic E-state index is -0.337. The third-order valence-corrected chi connectivity index (χ3v) is 5.91. The smallest absolute Gasteiger partial charge is 0.272 e. The highest BCUT2D eigenvalue weighted by molar-refractivity contribution is 8.14. The van der Waals surface area contributed by atoms with Crippen molar-refractivity contribution in [2.24, 2.45) is 10.9 Å². The molecule has 0 bridgehead atoms. The normalized spacial score (nSPS) is 20.2. The Kier molecular flexibility index (Phi) is 7.15. The third kappa shape index (κ3) is 5.47. The quantitative estimate of drug-likeness (QED) is 0.461. The van der Waals surface area contributed by atoms with Crippen LogP contribution in [0.5, 0.6) is 0 Å². The van der Waals surface area contributed by atoms with Crippen LogP contribution in [-0.2, 0) is 4.74 Å². The van der Waals surface area contributed by atoms with Crippen molar-refractivity contribution in [1.82, 2.24) is 4.90 Å². The minimum Gasteiger partial charge on any atom is -0.371 e. The summed E-state index contributed by atoms with van der Waals surface area (Å²) in [6.07, 6.45) is 0.0821. The van der Waals surface area contributed by atoms with E-state index in [9.17, 15) is 10.1 Å². The van der Waals surface area contributed by atoms with Crippen molar-refractivity contribution in [2.75, 3.05) is 12.3 Å². The van der Waals surface area contributed by atoms with Gasteiger partial charge in [-0.05, 0) is 59.1 Å². The average Bonchev–Trinajstić information content (AvgIpc) is 2.92. The molecule has 0 amide bonds. The number of benzene rings is 1. The van der Waals surface area contributed by atoms with Gasteiger partial charge in [0.05, 0.1) is 28.4 Å². The maximum Gasteiger partial charge on any atom is 0.272 e. The van der Waals surface area contributed by atoms with E-state index in [1.54, 1.807) is 30.8 Å². The fraction of sp³-hybridized carbons (Fsp3) is 0.667. The molecule has 0 aromatic heterocycles. The summed E-state index contributed by atoms with van der Waals surface area (Å²) in [5.74, 6) is 1.42. The van der Waals surface area contributed by atoms with E-state index < -0.39 is 0 Å². The van der Waals surface area contributed by atoms with Gasteiger partial charge < -0.3 is 9.64 Å². The van der Waals surface area contributed by atoms with Gasteiger partial charge in [0, 0.05) is 23.9 Å². The summed E-state index contributed by atoms with van der Waals surface area (Å²) in [7, 11) is 0. The van der Waals surface area contributed by atoms with Crippen LogP contribution in [0.3, 0.4) is 0 Å². The number of nitrogens with zero attached hydrogens (tertiary/aromatic N) is 3. The van der Waals surface area contributed by atoms with Crippen LogP contribution >= 0.6 is 11.8 Å². The Bertz CT molecular complexity index is 756. The first-order valence-electron chi connectivity index (χ1n) is 9.81. The molecular formula is C21H33N3O3S. The molecule has 2 atom stereocenters. The van der Waals surface area contributed by atoms with E-state index in [1.807, 2.05) is 6.92 Å². The molecule has 0 saturated carbocycles. The Labute approximate surface area is 172 Å². The van der Waals surface area contributed by atoms with Gasteiger partial charge in [0.1, 0.15) is 0 Å². The lowest BCUT2D eigenvalue weighted by Crippen LogP contribution is -2.46. The van der Waals surface area contributed by atoms with Gasteiger partial charge in [0.15, 0.2) is 5.17 Å².